The normalized spacial score (nSPS) is 19.2. The third-order valence-electron chi connectivity index (χ3n) is 6.98. The van der Waals surface area contributed by atoms with Gasteiger partial charge < -0.3 is 29.2 Å². The van der Waals surface area contributed by atoms with Crippen LogP contribution in [-0.4, -0.2) is 67.0 Å². The molecule has 0 bridgehead atoms. The SMILES string of the molecule is COC(=O)C(Cc1c[nH]c2ccccc12)NC(=O)C1CCC(=O)N1C1OC(=O)c2c1ccc(OC)c2OC. The van der Waals surface area contributed by atoms with Gasteiger partial charge in [-0.25, -0.2) is 9.59 Å². The molecule has 1 fully saturated rings. The number of nitrogens with zero attached hydrogens (tertiary/aromatic N) is 1. The van der Waals surface area contributed by atoms with Crippen LogP contribution < -0.4 is 14.8 Å². The minimum Gasteiger partial charge on any atom is -0.493 e. The van der Waals surface area contributed by atoms with E-state index in [1.165, 1.54) is 26.2 Å². The number of aromatic amines is 1. The van der Waals surface area contributed by atoms with Crippen molar-refractivity contribution in [1.82, 2.24) is 15.2 Å². The molecule has 5 rings (SSSR count). The highest BCUT2D eigenvalue weighted by molar-refractivity contribution is 5.99. The smallest absolute Gasteiger partial charge is 0.344 e. The van der Waals surface area contributed by atoms with Crippen LogP contribution in [0.2, 0.25) is 0 Å². The standard InChI is InChI=1S/C27H27N3O8/c1-35-20-10-8-16-22(23(20)36-2)27(34)38-25(16)30-19(9-11-21(30)31)24(32)29-18(26(33)37-3)12-14-13-28-17-7-5-4-6-15(14)17/h4-8,10,13,18-19,25,28H,9,11-12H2,1-3H3,(H,29,32). The Morgan fingerprint density at radius 2 is 1.92 bits per heavy atom. The molecule has 2 N–H and O–H groups in total. The fraction of sp³-hybridized carbons (Fsp3) is 0.333. The summed E-state index contributed by atoms with van der Waals surface area (Å²) in [6.07, 6.45) is 1.13. The Kier molecular flexibility index (Phi) is 6.66. The van der Waals surface area contributed by atoms with E-state index in [9.17, 15) is 19.2 Å². The van der Waals surface area contributed by atoms with E-state index in [4.69, 9.17) is 18.9 Å². The maximum Gasteiger partial charge on any atom is 0.344 e. The molecule has 3 heterocycles. The van der Waals surface area contributed by atoms with Gasteiger partial charge in [-0.1, -0.05) is 18.2 Å². The number of fused-ring (bicyclic) bond motifs is 2. The van der Waals surface area contributed by atoms with Gasteiger partial charge in [0.05, 0.1) is 21.3 Å². The maximum atomic E-state index is 13.5. The lowest BCUT2D eigenvalue weighted by molar-refractivity contribution is -0.149. The van der Waals surface area contributed by atoms with E-state index in [0.29, 0.717) is 11.3 Å². The highest BCUT2D eigenvalue weighted by atomic mass is 16.6. The number of carbonyl (C=O) groups is 4. The zero-order valence-electron chi connectivity index (χ0n) is 21.1. The summed E-state index contributed by atoms with van der Waals surface area (Å²) in [6.45, 7) is 0. The van der Waals surface area contributed by atoms with Crippen LogP contribution in [-0.2, 0) is 30.3 Å². The zero-order valence-corrected chi connectivity index (χ0v) is 21.1. The number of carbonyl (C=O) groups excluding carboxylic acids is 4. The first kappa shape index (κ1) is 25.1. The Balaban J connectivity index is 1.41. The number of methoxy groups -OCH3 is 3. The molecule has 0 saturated carbocycles. The van der Waals surface area contributed by atoms with Gasteiger partial charge >= 0.3 is 11.9 Å². The van der Waals surface area contributed by atoms with Gasteiger partial charge in [0.1, 0.15) is 17.6 Å². The number of H-pyrrole nitrogens is 1. The summed E-state index contributed by atoms with van der Waals surface area (Å²) >= 11 is 0. The van der Waals surface area contributed by atoms with Crippen LogP contribution in [0.15, 0.2) is 42.6 Å². The number of amides is 2. The number of ether oxygens (including phenoxy) is 4. The summed E-state index contributed by atoms with van der Waals surface area (Å²) in [4.78, 5) is 56.3. The van der Waals surface area contributed by atoms with Crippen LogP contribution >= 0.6 is 0 Å². The first-order chi connectivity index (χ1) is 18.4. The molecule has 2 amide bonds. The monoisotopic (exact) mass is 521 g/mol. The van der Waals surface area contributed by atoms with Crippen molar-refractivity contribution in [3.63, 3.8) is 0 Å². The molecule has 2 aliphatic heterocycles. The molecular weight excluding hydrogens is 494 g/mol. The number of nitrogens with one attached hydrogen (secondary N) is 2. The second-order valence-corrected chi connectivity index (χ2v) is 9.03. The third-order valence-corrected chi connectivity index (χ3v) is 6.98. The predicted octanol–water partition coefficient (Wildman–Crippen LogP) is 2.25. The van der Waals surface area contributed by atoms with Crippen molar-refractivity contribution in [2.75, 3.05) is 21.3 Å². The molecule has 198 valence electrons. The number of cyclic esters (lactones) is 1. The number of rotatable bonds is 8. The van der Waals surface area contributed by atoms with Crippen LogP contribution in [0.25, 0.3) is 10.9 Å². The minimum absolute atomic E-state index is 0.0834. The lowest BCUT2D eigenvalue weighted by atomic mass is 10.0. The largest absolute Gasteiger partial charge is 0.493 e. The van der Waals surface area contributed by atoms with Crippen LogP contribution in [0.3, 0.4) is 0 Å². The Morgan fingerprint density at radius 1 is 1.13 bits per heavy atom. The summed E-state index contributed by atoms with van der Waals surface area (Å²) in [5.41, 5.74) is 2.26. The number of aromatic nitrogens is 1. The van der Waals surface area contributed by atoms with Crippen molar-refractivity contribution in [3.05, 3.63) is 59.3 Å². The fourth-order valence-electron chi connectivity index (χ4n) is 5.17. The molecule has 1 saturated heterocycles. The molecule has 2 aliphatic rings. The van der Waals surface area contributed by atoms with E-state index in [1.54, 1.807) is 18.3 Å². The molecule has 11 nitrogen and oxygen atoms in total. The van der Waals surface area contributed by atoms with Crippen LogP contribution in [0.4, 0.5) is 0 Å². The first-order valence-corrected chi connectivity index (χ1v) is 12.1. The van der Waals surface area contributed by atoms with Crippen molar-refractivity contribution < 1.29 is 38.1 Å². The molecule has 0 spiro atoms. The molecule has 2 aromatic carbocycles. The Bertz CT molecular complexity index is 1430. The Morgan fingerprint density at radius 3 is 2.66 bits per heavy atom. The van der Waals surface area contributed by atoms with E-state index >= 15 is 0 Å². The molecule has 1 aromatic heterocycles. The second-order valence-electron chi connectivity index (χ2n) is 9.03. The average molecular weight is 522 g/mol. The molecule has 11 heteroatoms. The van der Waals surface area contributed by atoms with E-state index in [0.717, 1.165) is 16.5 Å². The van der Waals surface area contributed by atoms with E-state index in [2.05, 4.69) is 10.3 Å². The average Bonchev–Trinajstić information content (AvgIpc) is 3.62. The quantitative estimate of drug-likeness (QED) is 0.431. The molecule has 3 atom stereocenters. The summed E-state index contributed by atoms with van der Waals surface area (Å²) in [5, 5.41) is 3.68. The van der Waals surface area contributed by atoms with Gasteiger partial charge in [-0.2, -0.15) is 0 Å². The molecular formula is C27H27N3O8. The van der Waals surface area contributed by atoms with Crippen LogP contribution in [0.1, 0.15) is 40.6 Å². The van der Waals surface area contributed by atoms with Gasteiger partial charge in [-0.3, -0.25) is 14.5 Å². The topological polar surface area (TPSA) is 136 Å². The predicted molar refractivity (Wildman–Crippen MR) is 134 cm³/mol. The number of hydrogen-bond donors (Lipinski definition) is 2. The highest BCUT2D eigenvalue weighted by Crippen LogP contribution is 2.45. The van der Waals surface area contributed by atoms with Gasteiger partial charge in [0, 0.05) is 35.5 Å². The van der Waals surface area contributed by atoms with Crippen molar-refractivity contribution in [2.45, 2.75) is 37.6 Å². The van der Waals surface area contributed by atoms with Crippen molar-refractivity contribution >= 4 is 34.7 Å². The van der Waals surface area contributed by atoms with Crippen LogP contribution in [0.5, 0.6) is 11.5 Å². The molecule has 0 aliphatic carbocycles. The molecule has 38 heavy (non-hydrogen) atoms. The van der Waals surface area contributed by atoms with Gasteiger partial charge in [-0.05, 0) is 30.2 Å². The lowest BCUT2D eigenvalue weighted by Crippen LogP contribution is -2.52. The lowest BCUT2D eigenvalue weighted by Gasteiger charge is -2.30. The number of likely N-dealkylation sites (tertiary alicyclic amines) is 1. The van der Waals surface area contributed by atoms with Crippen molar-refractivity contribution in [2.24, 2.45) is 0 Å². The molecule has 3 aromatic rings. The number of para-hydroxylation sites is 1. The van der Waals surface area contributed by atoms with Crippen LogP contribution in [0, 0.1) is 0 Å². The minimum atomic E-state index is -1.12. The van der Waals surface area contributed by atoms with Gasteiger partial charge in [0.2, 0.25) is 18.0 Å². The summed E-state index contributed by atoms with van der Waals surface area (Å²) in [7, 11) is 4.09. The Hall–Kier alpha value is -4.54. The number of hydrogen-bond acceptors (Lipinski definition) is 8. The second kappa shape index (κ2) is 10.1. The molecule has 3 unspecified atom stereocenters. The third kappa shape index (κ3) is 4.19. The number of benzene rings is 2. The fourth-order valence-corrected chi connectivity index (χ4v) is 5.17. The van der Waals surface area contributed by atoms with E-state index in [1.807, 2.05) is 24.3 Å². The van der Waals surface area contributed by atoms with E-state index < -0.39 is 36.2 Å². The van der Waals surface area contributed by atoms with Crippen molar-refractivity contribution in [3.8, 4) is 11.5 Å². The first-order valence-electron chi connectivity index (χ1n) is 12.1. The number of esters is 2. The van der Waals surface area contributed by atoms with Crippen molar-refractivity contribution in [1.29, 1.82) is 0 Å². The maximum absolute atomic E-state index is 13.5. The van der Waals surface area contributed by atoms with E-state index in [-0.39, 0.29) is 36.5 Å². The Labute approximate surface area is 218 Å². The zero-order chi connectivity index (χ0) is 27.0. The summed E-state index contributed by atoms with van der Waals surface area (Å²) in [5.74, 6) is -1.67. The van der Waals surface area contributed by atoms with Gasteiger partial charge in [0.15, 0.2) is 11.5 Å². The summed E-state index contributed by atoms with van der Waals surface area (Å²) < 4.78 is 21.2. The highest BCUT2D eigenvalue weighted by Gasteiger charge is 2.48. The molecule has 0 radical (unpaired) electrons. The summed E-state index contributed by atoms with van der Waals surface area (Å²) in [6, 6.07) is 8.88. The van der Waals surface area contributed by atoms with Gasteiger partial charge in [0.25, 0.3) is 0 Å². The van der Waals surface area contributed by atoms with Gasteiger partial charge in [-0.15, -0.1) is 0 Å².